The van der Waals surface area contributed by atoms with Gasteiger partial charge in [-0.25, -0.2) is 4.98 Å². The second-order valence-electron chi connectivity index (χ2n) is 9.90. The maximum Gasteiger partial charge on any atom is 0.257 e. The van der Waals surface area contributed by atoms with Crippen LogP contribution in [0.15, 0.2) is 24.3 Å². The predicted molar refractivity (Wildman–Crippen MR) is 134 cm³/mol. The van der Waals surface area contributed by atoms with E-state index in [9.17, 15) is 14.4 Å². The molecule has 1 aliphatic heterocycles. The highest BCUT2D eigenvalue weighted by Crippen LogP contribution is 2.36. The molecule has 3 aliphatic rings. The second-order valence-corrected chi connectivity index (χ2v) is 10.9. The lowest BCUT2D eigenvalue weighted by atomic mass is 9.88. The molecule has 1 atom stereocenters. The Morgan fingerprint density at radius 2 is 1.97 bits per heavy atom. The molecule has 1 aromatic carbocycles. The van der Waals surface area contributed by atoms with Crippen molar-refractivity contribution in [2.24, 2.45) is 5.92 Å². The number of thiazole rings is 1. The lowest BCUT2D eigenvalue weighted by Gasteiger charge is -2.43. The molecular weight excluding hydrogens is 464 g/mol. The number of amides is 2. The smallest absolute Gasteiger partial charge is 0.257 e. The van der Waals surface area contributed by atoms with Gasteiger partial charge in [0.1, 0.15) is 0 Å². The van der Waals surface area contributed by atoms with Crippen molar-refractivity contribution in [3.05, 3.63) is 46.0 Å². The van der Waals surface area contributed by atoms with Gasteiger partial charge in [0.15, 0.2) is 10.9 Å². The van der Waals surface area contributed by atoms with Gasteiger partial charge in [-0.1, -0.05) is 41.9 Å². The number of aromatic nitrogens is 1. The van der Waals surface area contributed by atoms with Crippen LogP contribution in [0, 0.1) is 12.8 Å². The van der Waals surface area contributed by atoms with Crippen LogP contribution in [0.4, 0.5) is 5.13 Å². The van der Waals surface area contributed by atoms with Crippen molar-refractivity contribution in [1.82, 2.24) is 15.2 Å². The number of anilines is 1. The van der Waals surface area contributed by atoms with Crippen molar-refractivity contribution >= 4 is 34.1 Å². The summed E-state index contributed by atoms with van der Waals surface area (Å²) < 4.78 is 5.53. The van der Waals surface area contributed by atoms with E-state index in [1.54, 1.807) is 6.07 Å². The van der Waals surface area contributed by atoms with E-state index in [-0.39, 0.29) is 29.6 Å². The van der Waals surface area contributed by atoms with Crippen molar-refractivity contribution in [1.29, 1.82) is 0 Å². The first kappa shape index (κ1) is 24.1. The minimum absolute atomic E-state index is 0.00283. The van der Waals surface area contributed by atoms with E-state index < -0.39 is 5.92 Å². The second kappa shape index (κ2) is 10.2. The summed E-state index contributed by atoms with van der Waals surface area (Å²) in [4.78, 5) is 46.1. The Morgan fingerprint density at radius 1 is 1.20 bits per heavy atom. The maximum absolute atomic E-state index is 13.1. The summed E-state index contributed by atoms with van der Waals surface area (Å²) in [6.45, 7) is 5.81. The largest absolute Gasteiger partial charge is 0.379 e. The van der Waals surface area contributed by atoms with Crippen LogP contribution in [0.3, 0.4) is 0 Å². The maximum atomic E-state index is 13.1. The first-order valence-electron chi connectivity index (χ1n) is 12.4. The number of ketones is 1. The molecule has 2 aliphatic carbocycles. The quantitative estimate of drug-likeness (QED) is 0.637. The topological polar surface area (TPSA) is 101 Å². The van der Waals surface area contributed by atoms with Crippen LogP contribution in [0.25, 0.3) is 0 Å². The number of fused-ring (bicyclic) bond motifs is 1. The van der Waals surface area contributed by atoms with Crippen molar-refractivity contribution in [3.8, 4) is 0 Å². The van der Waals surface area contributed by atoms with Crippen LogP contribution >= 0.6 is 11.3 Å². The molecule has 2 amide bonds. The summed E-state index contributed by atoms with van der Waals surface area (Å²) in [5, 5.41) is 6.39. The van der Waals surface area contributed by atoms with Gasteiger partial charge >= 0.3 is 0 Å². The first-order chi connectivity index (χ1) is 16.9. The molecule has 1 saturated carbocycles. The SMILES string of the molecule is Cc1cccc(C(=O)Nc2nc3c(s2)C(=O)C[C@@H](C(=O)NCC2(N4CCOCC4)CCCC2)C3)c1. The molecule has 0 spiro atoms. The van der Waals surface area contributed by atoms with Crippen LogP contribution in [-0.4, -0.2) is 65.9 Å². The molecular formula is C26H32N4O4S. The molecule has 1 saturated heterocycles. The summed E-state index contributed by atoms with van der Waals surface area (Å²) in [6.07, 6.45) is 5.10. The molecule has 0 unspecified atom stereocenters. The number of hydrogen-bond donors (Lipinski definition) is 2. The highest BCUT2D eigenvalue weighted by atomic mass is 32.1. The third-order valence-electron chi connectivity index (χ3n) is 7.50. The van der Waals surface area contributed by atoms with Gasteiger partial charge in [-0.2, -0.15) is 0 Å². The van der Waals surface area contributed by atoms with E-state index >= 15 is 0 Å². The zero-order valence-corrected chi connectivity index (χ0v) is 20.9. The highest BCUT2D eigenvalue weighted by Gasteiger charge is 2.41. The van der Waals surface area contributed by atoms with Gasteiger partial charge in [0.25, 0.3) is 5.91 Å². The first-order valence-corrected chi connectivity index (χ1v) is 13.3. The summed E-state index contributed by atoms with van der Waals surface area (Å²) >= 11 is 1.19. The number of hydrogen-bond acceptors (Lipinski definition) is 7. The summed E-state index contributed by atoms with van der Waals surface area (Å²) in [6, 6.07) is 7.31. The third kappa shape index (κ3) is 5.17. The highest BCUT2D eigenvalue weighted by molar-refractivity contribution is 7.17. The number of aryl methyl sites for hydroxylation is 1. The number of nitrogens with one attached hydrogen (secondary N) is 2. The molecule has 35 heavy (non-hydrogen) atoms. The van der Waals surface area contributed by atoms with E-state index in [0.717, 1.165) is 44.7 Å². The lowest BCUT2D eigenvalue weighted by molar-refractivity contribution is -0.126. The fourth-order valence-electron chi connectivity index (χ4n) is 5.60. The average Bonchev–Trinajstić information content (AvgIpc) is 3.51. The van der Waals surface area contributed by atoms with E-state index in [4.69, 9.17) is 4.74 Å². The Labute approximate surface area is 209 Å². The number of nitrogens with zero attached hydrogens (tertiary/aromatic N) is 2. The zero-order valence-electron chi connectivity index (χ0n) is 20.1. The van der Waals surface area contributed by atoms with Gasteiger partial charge in [0.05, 0.1) is 29.7 Å². The van der Waals surface area contributed by atoms with Crippen LogP contribution < -0.4 is 10.6 Å². The van der Waals surface area contributed by atoms with Crippen LogP contribution in [0.1, 0.15) is 63.4 Å². The summed E-state index contributed by atoms with van der Waals surface area (Å²) in [7, 11) is 0. The van der Waals surface area contributed by atoms with Gasteiger partial charge in [-0.15, -0.1) is 0 Å². The van der Waals surface area contributed by atoms with Crippen molar-refractivity contribution in [3.63, 3.8) is 0 Å². The number of benzene rings is 1. The molecule has 8 nitrogen and oxygen atoms in total. The average molecular weight is 497 g/mol. The van der Waals surface area contributed by atoms with Crippen molar-refractivity contribution in [2.75, 3.05) is 38.2 Å². The van der Waals surface area contributed by atoms with Crippen molar-refractivity contribution < 1.29 is 19.1 Å². The molecule has 2 N–H and O–H groups in total. The minimum Gasteiger partial charge on any atom is -0.379 e. The molecule has 9 heteroatoms. The fourth-order valence-corrected chi connectivity index (χ4v) is 6.53. The van der Waals surface area contributed by atoms with Crippen molar-refractivity contribution in [2.45, 2.75) is 51.0 Å². The normalized spacial score (nSPS) is 22.0. The Bertz CT molecular complexity index is 1120. The Hall–Kier alpha value is -2.62. The van der Waals surface area contributed by atoms with Crippen LogP contribution in [0.5, 0.6) is 0 Å². The van der Waals surface area contributed by atoms with E-state index in [1.165, 1.54) is 24.2 Å². The Balaban J connectivity index is 1.22. The van der Waals surface area contributed by atoms with Gasteiger partial charge in [0, 0.05) is 43.6 Å². The standard InChI is InChI=1S/C26H32N4O4S/c1-17-5-4-6-18(13-17)24(33)29-25-28-20-14-19(15-21(31)22(20)35-25)23(32)27-16-26(7-2-3-8-26)30-9-11-34-12-10-30/h4-6,13,19H,2-3,7-12,14-16H2,1H3,(H,27,32)(H,28,29,33)/t19-/m0/s1. The number of morpholine rings is 1. The number of carbonyl (C=O) groups excluding carboxylic acids is 3. The molecule has 1 aromatic heterocycles. The van der Waals surface area contributed by atoms with Gasteiger partial charge < -0.3 is 10.1 Å². The van der Waals surface area contributed by atoms with Gasteiger partial charge in [-0.3, -0.25) is 24.6 Å². The summed E-state index contributed by atoms with van der Waals surface area (Å²) in [5.41, 5.74) is 2.14. The predicted octanol–water partition coefficient (Wildman–Crippen LogP) is 3.21. The number of carbonyl (C=O) groups is 3. The molecule has 5 rings (SSSR count). The van der Waals surface area contributed by atoms with Gasteiger partial charge in [-0.05, 0) is 31.9 Å². The Morgan fingerprint density at radius 3 is 2.71 bits per heavy atom. The monoisotopic (exact) mass is 496 g/mol. The lowest BCUT2D eigenvalue weighted by Crippen LogP contribution is -2.58. The molecule has 2 aromatic rings. The molecule has 2 heterocycles. The number of rotatable bonds is 6. The van der Waals surface area contributed by atoms with Gasteiger partial charge in [0.2, 0.25) is 5.91 Å². The Kier molecular flexibility index (Phi) is 7.00. The van der Waals surface area contributed by atoms with Crippen LogP contribution in [0.2, 0.25) is 0 Å². The third-order valence-corrected chi connectivity index (χ3v) is 8.56. The summed E-state index contributed by atoms with van der Waals surface area (Å²) in [5.74, 6) is -0.849. The molecule has 0 radical (unpaired) electrons. The van der Waals surface area contributed by atoms with E-state index in [1.807, 2.05) is 25.1 Å². The molecule has 186 valence electrons. The number of Topliss-reactive ketones (excluding diaryl/α,β-unsaturated/α-hetero) is 1. The minimum atomic E-state index is -0.430. The van der Waals surface area contributed by atoms with E-state index in [2.05, 4.69) is 20.5 Å². The van der Waals surface area contributed by atoms with E-state index in [0.29, 0.717) is 34.2 Å². The van der Waals surface area contributed by atoms with Crippen LogP contribution in [-0.2, 0) is 16.0 Å². The molecule has 2 fully saturated rings. The zero-order chi connectivity index (χ0) is 24.4. The number of ether oxygens (including phenoxy) is 1. The fraction of sp³-hybridized carbons (Fsp3) is 0.538. The molecule has 0 bridgehead atoms.